The van der Waals surface area contributed by atoms with E-state index in [9.17, 15) is 0 Å². The fourth-order valence-corrected chi connectivity index (χ4v) is 3.39. The topological polar surface area (TPSA) is 57.5 Å². The largest absolute Gasteiger partial charge is 0.369 e. The van der Waals surface area contributed by atoms with Gasteiger partial charge in [0, 0.05) is 57.3 Å². The van der Waals surface area contributed by atoms with Crippen molar-refractivity contribution in [2.24, 2.45) is 4.99 Å². The van der Waals surface area contributed by atoms with Crippen LogP contribution in [0.15, 0.2) is 47.7 Å². The van der Waals surface area contributed by atoms with Gasteiger partial charge in [0.2, 0.25) is 0 Å². The average molecular weight is 355 g/mol. The molecular weight excluding hydrogens is 324 g/mol. The maximum Gasteiger partial charge on any atom is 0.191 e. The Kier molecular flexibility index (Phi) is 6.52. The number of aryl methyl sites for hydroxylation is 2. The first-order chi connectivity index (χ1) is 12.8. The fraction of sp³-hybridized carbons (Fsp3) is 0.500. The second kappa shape index (κ2) is 9.27. The minimum absolute atomic E-state index is 0.440. The predicted octanol–water partition coefficient (Wildman–Crippen LogP) is 2.42. The number of guanidine groups is 1. The summed E-state index contributed by atoms with van der Waals surface area (Å²) in [7, 11) is 1.84. The van der Waals surface area contributed by atoms with Crippen molar-refractivity contribution in [3.63, 3.8) is 0 Å². The number of imidazole rings is 1. The number of aromatic nitrogens is 2. The molecule has 3 rings (SSSR count). The molecule has 1 aromatic heterocycles. The number of unbranched alkanes of at least 4 members (excludes halogenated alkanes) is 1. The van der Waals surface area contributed by atoms with Crippen molar-refractivity contribution in [3.05, 3.63) is 48.5 Å². The highest BCUT2D eigenvalue weighted by atomic mass is 15.2. The van der Waals surface area contributed by atoms with Crippen molar-refractivity contribution >= 4 is 11.6 Å². The van der Waals surface area contributed by atoms with Crippen molar-refractivity contribution in [2.75, 3.05) is 31.6 Å². The van der Waals surface area contributed by atoms with Gasteiger partial charge >= 0.3 is 0 Å². The standard InChI is InChI=1S/C20H30N6/c1-17-22-12-15-25(17)13-7-6-11-23-20(21-2)24-18-10-14-26(16-18)19-8-4-3-5-9-19/h3-5,8-9,12,15,18H,6-7,10-11,13-14,16H2,1-2H3,(H2,21,23,24). The Bertz CT molecular complexity index is 693. The monoisotopic (exact) mass is 354 g/mol. The quantitative estimate of drug-likeness (QED) is 0.455. The number of benzene rings is 1. The van der Waals surface area contributed by atoms with Crippen LogP contribution in [0.5, 0.6) is 0 Å². The Labute approximate surface area is 156 Å². The van der Waals surface area contributed by atoms with Crippen LogP contribution in [0.1, 0.15) is 25.1 Å². The summed E-state index contributed by atoms with van der Waals surface area (Å²) in [5, 5.41) is 7.00. The van der Waals surface area contributed by atoms with E-state index in [4.69, 9.17) is 0 Å². The molecule has 0 aliphatic carbocycles. The predicted molar refractivity (Wildman–Crippen MR) is 108 cm³/mol. The molecule has 2 heterocycles. The summed E-state index contributed by atoms with van der Waals surface area (Å²) in [6.45, 7) is 6.11. The second-order valence-electron chi connectivity index (χ2n) is 6.79. The highest BCUT2D eigenvalue weighted by Crippen LogP contribution is 2.19. The summed E-state index contributed by atoms with van der Waals surface area (Å²) in [5.74, 6) is 1.99. The molecule has 26 heavy (non-hydrogen) atoms. The third kappa shape index (κ3) is 5.00. The Balaban J connectivity index is 1.35. The smallest absolute Gasteiger partial charge is 0.191 e. The molecule has 1 saturated heterocycles. The number of anilines is 1. The molecule has 1 fully saturated rings. The number of para-hydroxylation sites is 1. The number of rotatable bonds is 7. The van der Waals surface area contributed by atoms with E-state index in [2.05, 4.69) is 60.4 Å². The molecule has 1 atom stereocenters. The summed E-state index contributed by atoms with van der Waals surface area (Å²) in [5.41, 5.74) is 1.30. The van der Waals surface area contributed by atoms with Crippen LogP contribution in [0.3, 0.4) is 0 Å². The Hall–Kier alpha value is -2.50. The first-order valence-corrected chi connectivity index (χ1v) is 9.51. The summed E-state index contributed by atoms with van der Waals surface area (Å²) in [6, 6.07) is 11.1. The molecule has 6 heteroatoms. The molecule has 1 aromatic carbocycles. The van der Waals surface area contributed by atoms with E-state index >= 15 is 0 Å². The van der Waals surface area contributed by atoms with Crippen LogP contribution in [0.2, 0.25) is 0 Å². The zero-order chi connectivity index (χ0) is 18.2. The Morgan fingerprint density at radius 2 is 2.12 bits per heavy atom. The van der Waals surface area contributed by atoms with Crippen LogP contribution in [0.25, 0.3) is 0 Å². The number of hydrogen-bond donors (Lipinski definition) is 2. The van der Waals surface area contributed by atoms with Crippen LogP contribution in [0, 0.1) is 6.92 Å². The van der Waals surface area contributed by atoms with E-state index in [1.807, 2.05) is 26.4 Å². The lowest BCUT2D eigenvalue weighted by atomic mass is 10.2. The van der Waals surface area contributed by atoms with Crippen molar-refractivity contribution in [1.29, 1.82) is 0 Å². The van der Waals surface area contributed by atoms with Gasteiger partial charge in [-0.1, -0.05) is 18.2 Å². The number of hydrogen-bond acceptors (Lipinski definition) is 3. The fourth-order valence-electron chi connectivity index (χ4n) is 3.39. The van der Waals surface area contributed by atoms with E-state index < -0.39 is 0 Å². The van der Waals surface area contributed by atoms with Crippen LogP contribution in [-0.2, 0) is 6.54 Å². The molecule has 0 amide bonds. The molecule has 2 N–H and O–H groups in total. The Morgan fingerprint density at radius 3 is 2.85 bits per heavy atom. The van der Waals surface area contributed by atoms with E-state index in [1.165, 1.54) is 5.69 Å². The van der Waals surface area contributed by atoms with Gasteiger partial charge in [0.15, 0.2) is 5.96 Å². The molecule has 140 valence electrons. The zero-order valence-electron chi connectivity index (χ0n) is 15.9. The summed E-state index contributed by atoms with van der Waals surface area (Å²) < 4.78 is 2.20. The van der Waals surface area contributed by atoms with Crippen molar-refractivity contribution < 1.29 is 0 Å². The van der Waals surface area contributed by atoms with Crippen molar-refractivity contribution in [2.45, 2.75) is 38.8 Å². The highest BCUT2D eigenvalue weighted by molar-refractivity contribution is 5.80. The van der Waals surface area contributed by atoms with Gasteiger partial charge in [-0.15, -0.1) is 0 Å². The van der Waals surface area contributed by atoms with Crippen LogP contribution in [-0.4, -0.2) is 48.2 Å². The van der Waals surface area contributed by atoms with Gasteiger partial charge in [-0.05, 0) is 38.3 Å². The zero-order valence-corrected chi connectivity index (χ0v) is 15.9. The van der Waals surface area contributed by atoms with Crippen molar-refractivity contribution in [3.8, 4) is 0 Å². The minimum atomic E-state index is 0.440. The van der Waals surface area contributed by atoms with Crippen molar-refractivity contribution in [1.82, 2.24) is 20.2 Å². The minimum Gasteiger partial charge on any atom is -0.369 e. The maximum atomic E-state index is 4.37. The number of aliphatic imine (C=N–C) groups is 1. The maximum absolute atomic E-state index is 4.37. The molecule has 6 nitrogen and oxygen atoms in total. The Morgan fingerprint density at radius 1 is 1.27 bits per heavy atom. The first-order valence-electron chi connectivity index (χ1n) is 9.51. The van der Waals surface area contributed by atoms with Gasteiger partial charge in [-0.25, -0.2) is 4.98 Å². The number of nitrogens with zero attached hydrogens (tertiary/aromatic N) is 4. The molecule has 0 radical (unpaired) electrons. The summed E-state index contributed by atoms with van der Waals surface area (Å²) >= 11 is 0. The van der Waals surface area contributed by atoms with Gasteiger partial charge in [0.1, 0.15) is 5.82 Å². The lowest BCUT2D eigenvalue weighted by molar-refractivity contribution is 0.583. The lowest BCUT2D eigenvalue weighted by Gasteiger charge is -2.20. The molecule has 2 aromatic rings. The second-order valence-corrected chi connectivity index (χ2v) is 6.79. The average Bonchev–Trinajstić information content (AvgIpc) is 3.30. The SMILES string of the molecule is CN=C(NCCCCn1ccnc1C)NC1CCN(c2ccccc2)C1. The molecular formula is C20H30N6. The normalized spacial score (nSPS) is 17.5. The molecule has 0 saturated carbocycles. The van der Waals surface area contributed by atoms with E-state index in [1.54, 1.807) is 0 Å². The number of nitrogens with one attached hydrogen (secondary N) is 2. The molecule has 1 aliphatic heterocycles. The summed E-state index contributed by atoms with van der Waals surface area (Å²) in [4.78, 5) is 11.1. The van der Waals surface area contributed by atoms with Crippen LogP contribution >= 0.6 is 0 Å². The summed E-state index contributed by atoms with van der Waals surface area (Å²) in [6.07, 6.45) is 7.28. The van der Waals surface area contributed by atoms with E-state index in [0.717, 1.165) is 57.2 Å². The third-order valence-electron chi connectivity index (χ3n) is 4.92. The lowest BCUT2D eigenvalue weighted by Crippen LogP contribution is -2.44. The van der Waals surface area contributed by atoms with E-state index in [0.29, 0.717) is 6.04 Å². The van der Waals surface area contributed by atoms with Gasteiger partial charge in [-0.3, -0.25) is 4.99 Å². The molecule has 1 unspecified atom stereocenters. The molecule has 0 spiro atoms. The first kappa shape index (κ1) is 18.3. The van der Waals surface area contributed by atoms with Gasteiger partial charge in [0.05, 0.1) is 0 Å². The van der Waals surface area contributed by atoms with Gasteiger partial charge in [-0.2, -0.15) is 0 Å². The molecule has 1 aliphatic rings. The van der Waals surface area contributed by atoms with E-state index in [-0.39, 0.29) is 0 Å². The third-order valence-corrected chi connectivity index (χ3v) is 4.92. The van der Waals surface area contributed by atoms with Gasteiger partial charge in [0.25, 0.3) is 0 Å². The van der Waals surface area contributed by atoms with Crippen LogP contribution in [0.4, 0.5) is 5.69 Å². The van der Waals surface area contributed by atoms with Crippen LogP contribution < -0.4 is 15.5 Å². The molecule has 0 bridgehead atoms. The highest BCUT2D eigenvalue weighted by Gasteiger charge is 2.23. The van der Waals surface area contributed by atoms with Gasteiger partial charge < -0.3 is 20.1 Å².